The van der Waals surface area contributed by atoms with E-state index in [1.54, 1.807) is 11.8 Å². The molecule has 0 spiro atoms. The Bertz CT molecular complexity index is 1150. The van der Waals surface area contributed by atoms with Crippen molar-refractivity contribution in [3.05, 3.63) is 88.0 Å². The lowest BCUT2D eigenvalue weighted by molar-refractivity contribution is -0.116. The van der Waals surface area contributed by atoms with Gasteiger partial charge in [-0.3, -0.25) is 4.79 Å². The van der Waals surface area contributed by atoms with Gasteiger partial charge < -0.3 is 10.1 Å². The van der Waals surface area contributed by atoms with E-state index in [4.69, 9.17) is 4.74 Å². The number of hydrogen-bond acceptors (Lipinski definition) is 3. The molecule has 1 heterocycles. The number of amides is 1. The zero-order valence-corrected chi connectivity index (χ0v) is 21.2. The van der Waals surface area contributed by atoms with Gasteiger partial charge in [0.15, 0.2) is 0 Å². The van der Waals surface area contributed by atoms with Crippen LogP contribution in [0.5, 0.6) is 5.75 Å². The predicted octanol–water partition coefficient (Wildman–Crippen LogP) is 7.63. The Morgan fingerprint density at radius 2 is 1.64 bits per heavy atom. The fraction of sp³-hybridized carbons (Fsp3) is 0.345. The minimum atomic E-state index is -0.432. The Balaban J connectivity index is 1.86. The summed E-state index contributed by atoms with van der Waals surface area (Å²) < 4.78 is 6.13. The molecule has 4 heteroatoms. The number of anilines is 1. The standard InChI is InChI=1S/C29H33NO2S/c1-17(2)23-14-21(33-6)15-24(18(3)4)28(23)30-29(31)27-22-10-8-7-9-20(22)16-32-26-12-11-19(5)13-25(26)27/h7-15,17-18,27H,16H2,1-6H3,(H,30,31). The van der Waals surface area contributed by atoms with Gasteiger partial charge in [0.1, 0.15) is 12.4 Å². The Labute approximate surface area is 202 Å². The maximum absolute atomic E-state index is 14.1. The van der Waals surface area contributed by atoms with Gasteiger partial charge in [-0.25, -0.2) is 0 Å². The number of nitrogens with one attached hydrogen (secondary N) is 1. The van der Waals surface area contributed by atoms with Crippen molar-refractivity contribution >= 4 is 23.4 Å². The number of carbonyl (C=O) groups is 1. The first-order chi connectivity index (χ1) is 15.8. The van der Waals surface area contributed by atoms with Crippen LogP contribution in [-0.4, -0.2) is 12.2 Å². The first kappa shape index (κ1) is 23.4. The van der Waals surface area contributed by atoms with Gasteiger partial charge in [-0.1, -0.05) is 69.7 Å². The molecule has 0 saturated heterocycles. The second-order valence-electron chi connectivity index (χ2n) is 9.44. The van der Waals surface area contributed by atoms with Gasteiger partial charge in [0.2, 0.25) is 5.91 Å². The van der Waals surface area contributed by atoms with E-state index in [1.807, 2.05) is 24.3 Å². The zero-order chi connectivity index (χ0) is 23.7. The van der Waals surface area contributed by atoms with Crippen molar-refractivity contribution in [1.82, 2.24) is 0 Å². The summed E-state index contributed by atoms with van der Waals surface area (Å²) in [7, 11) is 0. The molecule has 0 fully saturated rings. The molecule has 3 nitrogen and oxygen atoms in total. The van der Waals surface area contributed by atoms with E-state index in [1.165, 1.54) is 16.0 Å². The van der Waals surface area contributed by atoms with Crippen LogP contribution in [0.25, 0.3) is 0 Å². The molecule has 1 N–H and O–H groups in total. The van der Waals surface area contributed by atoms with Crippen LogP contribution in [0.15, 0.2) is 59.5 Å². The maximum atomic E-state index is 14.1. The SMILES string of the molecule is CSc1cc(C(C)C)c(NC(=O)C2c3ccccc3COc3ccc(C)cc32)c(C(C)C)c1. The summed E-state index contributed by atoms with van der Waals surface area (Å²) in [4.78, 5) is 15.3. The Hall–Kier alpha value is -2.72. The molecule has 1 unspecified atom stereocenters. The molecular formula is C29H33NO2S. The number of ether oxygens (including phenoxy) is 1. The van der Waals surface area contributed by atoms with Crippen LogP contribution in [0.2, 0.25) is 0 Å². The number of aryl methyl sites for hydroxylation is 1. The van der Waals surface area contributed by atoms with E-state index >= 15 is 0 Å². The topological polar surface area (TPSA) is 38.3 Å². The van der Waals surface area contributed by atoms with E-state index in [-0.39, 0.29) is 5.91 Å². The van der Waals surface area contributed by atoms with Gasteiger partial charge >= 0.3 is 0 Å². The molecule has 33 heavy (non-hydrogen) atoms. The zero-order valence-electron chi connectivity index (χ0n) is 20.4. The fourth-order valence-corrected chi connectivity index (χ4v) is 5.09. The second-order valence-corrected chi connectivity index (χ2v) is 10.3. The lowest BCUT2D eigenvalue weighted by Gasteiger charge is -2.25. The molecule has 172 valence electrons. The van der Waals surface area contributed by atoms with Gasteiger partial charge in [-0.15, -0.1) is 11.8 Å². The van der Waals surface area contributed by atoms with Gasteiger partial charge in [0, 0.05) is 16.1 Å². The van der Waals surface area contributed by atoms with Crippen LogP contribution in [-0.2, 0) is 11.4 Å². The highest BCUT2D eigenvalue weighted by Gasteiger charge is 2.31. The Morgan fingerprint density at radius 1 is 0.970 bits per heavy atom. The van der Waals surface area contributed by atoms with Crippen LogP contribution >= 0.6 is 11.8 Å². The van der Waals surface area contributed by atoms with Crippen LogP contribution < -0.4 is 10.1 Å². The largest absolute Gasteiger partial charge is 0.489 e. The maximum Gasteiger partial charge on any atom is 0.236 e. The smallest absolute Gasteiger partial charge is 0.236 e. The second kappa shape index (κ2) is 9.64. The molecule has 4 rings (SSSR count). The van der Waals surface area contributed by atoms with Crippen molar-refractivity contribution < 1.29 is 9.53 Å². The van der Waals surface area contributed by atoms with Crippen molar-refractivity contribution in [2.24, 2.45) is 0 Å². The summed E-state index contributed by atoms with van der Waals surface area (Å²) in [5, 5.41) is 3.39. The first-order valence-electron chi connectivity index (χ1n) is 11.6. The molecule has 1 aliphatic heterocycles. The minimum Gasteiger partial charge on any atom is -0.489 e. The van der Waals surface area contributed by atoms with Gasteiger partial charge in [-0.2, -0.15) is 0 Å². The summed E-state index contributed by atoms with van der Waals surface area (Å²) in [6.07, 6.45) is 2.10. The van der Waals surface area contributed by atoms with Crippen molar-refractivity contribution in [3.8, 4) is 5.75 Å². The average Bonchev–Trinajstić information content (AvgIpc) is 2.95. The molecule has 3 aromatic carbocycles. The summed E-state index contributed by atoms with van der Waals surface area (Å²) in [5.74, 6) is 0.926. The monoisotopic (exact) mass is 459 g/mol. The summed E-state index contributed by atoms with van der Waals surface area (Å²) >= 11 is 1.74. The molecule has 0 bridgehead atoms. The van der Waals surface area contributed by atoms with Gasteiger partial charge in [0.25, 0.3) is 0 Å². The number of benzene rings is 3. The molecule has 0 aromatic heterocycles. The van der Waals surface area contributed by atoms with E-state index in [9.17, 15) is 4.79 Å². The normalized spacial score (nSPS) is 15.0. The van der Waals surface area contributed by atoms with E-state index < -0.39 is 5.92 Å². The lowest BCUT2D eigenvalue weighted by atomic mass is 9.86. The predicted molar refractivity (Wildman–Crippen MR) is 139 cm³/mol. The summed E-state index contributed by atoms with van der Waals surface area (Å²) in [6, 6.07) is 18.7. The highest BCUT2D eigenvalue weighted by Crippen LogP contribution is 2.41. The molecule has 1 aliphatic rings. The highest BCUT2D eigenvalue weighted by molar-refractivity contribution is 7.98. The Kier molecular flexibility index (Phi) is 6.85. The molecule has 0 saturated carbocycles. The van der Waals surface area contributed by atoms with Crippen molar-refractivity contribution in [1.29, 1.82) is 0 Å². The van der Waals surface area contributed by atoms with E-state index in [0.717, 1.165) is 33.7 Å². The quantitative estimate of drug-likeness (QED) is 0.399. The summed E-state index contributed by atoms with van der Waals surface area (Å²) in [5.41, 5.74) is 7.43. The molecule has 1 atom stereocenters. The van der Waals surface area contributed by atoms with Crippen LogP contribution in [0, 0.1) is 6.92 Å². The summed E-state index contributed by atoms with van der Waals surface area (Å²) in [6.45, 7) is 11.3. The van der Waals surface area contributed by atoms with Gasteiger partial charge in [-0.05, 0) is 65.5 Å². The molecule has 1 amide bonds. The molecule has 3 aromatic rings. The third kappa shape index (κ3) is 4.67. The van der Waals surface area contributed by atoms with Gasteiger partial charge in [0.05, 0.1) is 5.92 Å². The van der Waals surface area contributed by atoms with Crippen molar-refractivity contribution in [3.63, 3.8) is 0 Å². The number of hydrogen-bond donors (Lipinski definition) is 1. The van der Waals surface area contributed by atoms with Crippen molar-refractivity contribution in [2.75, 3.05) is 11.6 Å². The van der Waals surface area contributed by atoms with Crippen LogP contribution in [0.4, 0.5) is 5.69 Å². The third-order valence-electron chi connectivity index (χ3n) is 6.39. The minimum absolute atomic E-state index is 0.0134. The third-order valence-corrected chi connectivity index (χ3v) is 7.10. The molecular weight excluding hydrogens is 426 g/mol. The number of carbonyl (C=O) groups excluding carboxylic acids is 1. The number of fused-ring (bicyclic) bond motifs is 2. The first-order valence-corrected chi connectivity index (χ1v) is 12.9. The number of rotatable bonds is 5. The lowest BCUT2D eigenvalue weighted by Crippen LogP contribution is -2.24. The van der Waals surface area contributed by atoms with Crippen LogP contribution in [0.3, 0.4) is 0 Å². The van der Waals surface area contributed by atoms with Crippen molar-refractivity contribution in [2.45, 2.75) is 63.9 Å². The number of thioether (sulfide) groups is 1. The fourth-order valence-electron chi connectivity index (χ4n) is 4.61. The van der Waals surface area contributed by atoms with Crippen LogP contribution in [0.1, 0.15) is 78.8 Å². The van der Waals surface area contributed by atoms with E-state index in [0.29, 0.717) is 18.4 Å². The highest BCUT2D eigenvalue weighted by atomic mass is 32.2. The van der Waals surface area contributed by atoms with E-state index in [2.05, 4.69) is 76.5 Å². The Morgan fingerprint density at radius 3 is 2.27 bits per heavy atom. The molecule has 0 radical (unpaired) electrons. The molecule has 0 aliphatic carbocycles. The average molecular weight is 460 g/mol.